The molecule has 0 saturated heterocycles. The van der Waals surface area contributed by atoms with Crippen LogP contribution in [0.5, 0.6) is 0 Å². The Balaban J connectivity index is 1.43. The predicted octanol–water partition coefficient (Wildman–Crippen LogP) is 3.28. The van der Waals surface area contributed by atoms with Crippen LogP contribution < -0.4 is 0 Å². The highest BCUT2D eigenvalue weighted by molar-refractivity contribution is 8.10. The molecule has 0 N–H and O–H groups in total. The number of fused-ring (bicyclic) bond motifs is 2. The number of ketones is 2. The summed E-state index contributed by atoms with van der Waals surface area (Å²) in [7, 11) is 0. The van der Waals surface area contributed by atoms with Crippen LogP contribution in [0.25, 0.3) is 0 Å². The van der Waals surface area contributed by atoms with E-state index in [1.165, 1.54) is 34.3 Å². The monoisotopic (exact) mass is 344 g/mol. The first-order valence-corrected chi connectivity index (χ1v) is 9.74. The first-order chi connectivity index (χ1) is 11.2. The van der Waals surface area contributed by atoms with Crippen molar-refractivity contribution < 1.29 is 9.59 Å². The molecule has 0 aromatic carbocycles. The van der Waals surface area contributed by atoms with E-state index in [0.717, 1.165) is 17.7 Å². The third-order valence-electron chi connectivity index (χ3n) is 4.44. The van der Waals surface area contributed by atoms with Gasteiger partial charge in [-0.15, -0.1) is 23.5 Å². The number of nitrogens with zero attached hydrogens (tertiary/aromatic N) is 2. The second kappa shape index (κ2) is 6.24. The fraction of sp³-hybridized carbons (Fsp3) is 0.412. The van der Waals surface area contributed by atoms with E-state index >= 15 is 0 Å². The molecule has 1 fully saturated rings. The highest BCUT2D eigenvalue weighted by Gasteiger charge is 2.48. The lowest BCUT2D eigenvalue weighted by atomic mass is 9.96. The van der Waals surface area contributed by atoms with Gasteiger partial charge in [-0.3, -0.25) is 9.59 Å². The van der Waals surface area contributed by atoms with Gasteiger partial charge in [-0.2, -0.15) is 0 Å². The Hall–Kier alpha value is -1.40. The van der Waals surface area contributed by atoms with Crippen LogP contribution in [0, 0.1) is 11.8 Å². The summed E-state index contributed by atoms with van der Waals surface area (Å²) in [5, 5.41) is 0. The number of Topliss-reactive ketones (excluding diaryl/α,β-unsaturated/α-hetero) is 2. The molecule has 1 aliphatic heterocycles. The Morgan fingerprint density at radius 3 is 2.61 bits per heavy atom. The molecule has 1 saturated carbocycles. The molecule has 118 valence electrons. The molecule has 2 unspecified atom stereocenters. The molecule has 6 heteroatoms. The molecule has 0 amide bonds. The lowest BCUT2D eigenvalue weighted by molar-refractivity contribution is -0.115. The molecule has 2 atom stereocenters. The van der Waals surface area contributed by atoms with Gasteiger partial charge in [0.05, 0.1) is 5.56 Å². The molecular formula is C17H16N2O2S2. The van der Waals surface area contributed by atoms with Gasteiger partial charge in [0.15, 0.2) is 11.6 Å². The summed E-state index contributed by atoms with van der Waals surface area (Å²) in [6.45, 7) is 0. The lowest BCUT2D eigenvalue weighted by Gasteiger charge is -2.22. The number of aromatic nitrogens is 2. The van der Waals surface area contributed by atoms with E-state index in [0.29, 0.717) is 17.4 Å². The third kappa shape index (κ3) is 3.02. The van der Waals surface area contributed by atoms with Crippen LogP contribution in [0.2, 0.25) is 0 Å². The van der Waals surface area contributed by atoms with Crippen LogP contribution in [-0.4, -0.2) is 33.0 Å². The van der Waals surface area contributed by atoms with Gasteiger partial charge in [-0.05, 0) is 29.9 Å². The van der Waals surface area contributed by atoms with Crippen molar-refractivity contribution in [2.45, 2.75) is 19.3 Å². The third-order valence-corrected chi connectivity index (χ3v) is 7.12. The van der Waals surface area contributed by atoms with Crippen molar-refractivity contribution in [2.24, 2.45) is 11.8 Å². The smallest absolute Gasteiger partial charge is 0.166 e. The summed E-state index contributed by atoms with van der Waals surface area (Å²) < 4.78 is 0. The average Bonchev–Trinajstić information content (AvgIpc) is 3.40. The Morgan fingerprint density at radius 1 is 1.04 bits per heavy atom. The van der Waals surface area contributed by atoms with Crippen molar-refractivity contribution in [3.05, 3.63) is 45.7 Å². The van der Waals surface area contributed by atoms with E-state index in [1.54, 1.807) is 0 Å². The van der Waals surface area contributed by atoms with E-state index in [2.05, 4.69) is 16.0 Å². The molecule has 2 aliphatic carbocycles. The highest BCUT2D eigenvalue weighted by Crippen LogP contribution is 2.59. The molecule has 1 aromatic heterocycles. The zero-order valence-electron chi connectivity index (χ0n) is 12.5. The van der Waals surface area contributed by atoms with Gasteiger partial charge in [-0.25, -0.2) is 9.97 Å². The van der Waals surface area contributed by atoms with Crippen molar-refractivity contribution in [2.75, 3.05) is 11.5 Å². The molecule has 1 aromatic rings. The van der Waals surface area contributed by atoms with Gasteiger partial charge in [0.2, 0.25) is 0 Å². The highest BCUT2D eigenvalue weighted by atomic mass is 32.2. The van der Waals surface area contributed by atoms with Crippen LogP contribution in [0.4, 0.5) is 0 Å². The molecule has 2 heterocycles. The topological polar surface area (TPSA) is 59.9 Å². The van der Waals surface area contributed by atoms with Crippen molar-refractivity contribution in [1.82, 2.24) is 9.97 Å². The Kier molecular flexibility index (Phi) is 4.11. The molecule has 0 radical (unpaired) electrons. The standard InChI is InChI=1S/C17H16N2O2S2/c20-14(10-7-18-9-19-8-10)1-2-15(21)12-6-16-17(13-5-11(12)13)23-4-3-22-16/h6-9,11,13H,1-5H2. The number of allylic oxidation sites excluding steroid dienone is 3. The van der Waals surface area contributed by atoms with Crippen molar-refractivity contribution in [3.8, 4) is 0 Å². The molecular weight excluding hydrogens is 328 g/mol. The van der Waals surface area contributed by atoms with Crippen LogP contribution in [-0.2, 0) is 4.79 Å². The first-order valence-electron chi connectivity index (χ1n) is 7.77. The second-order valence-corrected chi connectivity index (χ2v) is 8.22. The number of carbonyl (C=O) groups is 2. The molecule has 0 spiro atoms. The van der Waals surface area contributed by atoms with Gasteiger partial charge < -0.3 is 0 Å². The Bertz CT molecular complexity index is 727. The predicted molar refractivity (Wildman–Crippen MR) is 92.2 cm³/mol. The van der Waals surface area contributed by atoms with E-state index in [-0.39, 0.29) is 24.4 Å². The summed E-state index contributed by atoms with van der Waals surface area (Å²) in [5.41, 5.74) is 1.42. The largest absolute Gasteiger partial charge is 0.295 e. The number of hydrogen-bond acceptors (Lipinski definition) is 6. The second-order valence-electron chi connectivity index (χ2n) is 5.95. The average molecular weight is 344 g/mol. The molecule has 4 nitrogen and oxygen atoms in total. The molecule has 0 bridgehead atoms. The van der Waals surface area contributed by atoms with Crippen molar-refractivity contribution >= 4 is 35.1 Å². The zero-order chi connectivity index (χ0) is 15.8. The summed E-state index contributed by atoms with van der Waals surface area (Å²) in [5.74, 6) is 3.34. The maximum Gasteiger partial charge on any atom is 0.166 e. The minimum absolute atomic E-state index is 0.0646. The number of carbonyl (C=O) groups excluding carboxylic acids is 2. The van der Waals surface area contributed by atoms with Crippen molar-refractivity contribution in [3.63, 3.8) is 0 Å². The SMILES string of the molecule is O=C(CCC(=O)c1cncnc1)C1=CC2=C(SCCS2)C2CC12. The van der Waals surface area contributed by atoms with Gasteiger partial charge in [0, 0.05) is 46.6 Å². The quantitative estimate of drug-likeness (QED) is 0.764. The van der Waals surface area contributed by atoms with E-state index in [9.17, 15) is 9.59 Å². The van der Waals surface area contributed by atoms with Gasteiger partial charge >= 0.3 is 0 Å². The van der Waals surface area contributed by atoms with Crippen molar-refractivity contribution in [1.29, 1.82) is 0 Å². The van der Waals surface area contributed by atoms with E-state index < -0.39 is 0 Å². The van der Waals surface area contributed by atoms with Crippen LogP contribution in [0.1, 0.15) is 29.6 Å². The Labute approximate surface area is 143 Å². The van der Waals surface area contributed by atoms with E-state index in [4.69, 9.17) is 0 Å². The maximum atomic E-state index is 12.6. The molecule has 4 rings (SSSR count). The van der Waals surface area contributed by atoms with Gasteiger partial charge in [0.1, 0.15) is 6.33 Å². The maximum absolute atomic E-state index is 12.6. The first kappa shape index (κ1) is 15.1. The zero-order valence-corrected chi connectivity index (χ0v) is 14.2. The van der Waals surface area contributed by atoms with Crippen LogP contribution in [0.3, 0.4) is 0 Å². The normalized spacial score (nSPS) is 25.3. The number of hydrogen-bond donors (Lipinski definition) is 0. The summed E-state index contributed by atoms with van der Waals surface area (Å²) in [6.07, 6.45) is 8.11. The number of rotatable bonds is 5. The lowest BCUT2D eigenvalue weighted by Crippen LogP contribution is -2.13. The molecule has 3 aliphatic rings. The number of thioether (sulfide) groups is 2. The van der Waals surface area contributed by atoms with E-state index in [1.807, 2.05) is 23.5 Å². The minimum Gasteiger partial charge on any atom is -0.295 e. The van der Waals surface area contributed by atoms with Gasteiger partial charge in [-0.1, -0.05) is 0 Å². The molecule has 23 heavy (non-hydrogen) atoms. The fourth-order valence-corrected chi connectivity index (χ4v) is 5.81. The Morgan fingerprint density at radius 2 is 1.78 bits per heavy atom. The summed E-state index contributed by atoms with van der Waals surface area (Å²) in [4.78, 5) is 35.1. The summed E-state index contributed by atoms with van der Waals surface area (Å²) in [6, 6.07) is 0. The van der Waals surface area contributed by atoms with Crippen LogP contribution >= 0.6 is 23.5 Å². The fourth-order valence-electron chi connectivity index (χ4n) is 3.17. The van der Waals surface area contributed by atoms with Gasteiger partial charge in [0.25, 0.3) is 0 Å². The van der Waals surface area contributed by atoms with Crippen LogP contribution in [0.15, 0.2) is 40.2 Å². The summed E-state index contributed by atoms with van der Waals surface area (Å²) >= 11 is 3.83. The minimum atomic E-state index is -0.0646.